The molecule has 4 aromatic rings. The molecule has 0 N–H and O–H groups in total. The minimum Gasteiger partial charge on any atom is -0.497 e. The molecule has 0 radical (unpaired) electrons. The van der Waals surface area contributed by atoms with Gasteiger partial charge in [-0.2, -0.15) is 0 Å². The van der Waals surface area contributed by atoms with Crippen molar-refractivity contribution in [2.75, 3.05) is 12.9 Å². The van der Waals surface area contributed by atoms with Crippen LogP contribution in [0.25, 0.3) is 11.1 Å². The Morgan fingerprint density at radius 3 is 2.78 bits per heavy atom. The lowest BCUT2D eigenvalue weighted by Gasteiger charge is -2.05. The highest BCUT2D eigenvalue weighted by atomic mass is 32.2. The van der Waals surface area contributed by atoms with Crippen molar-refractivity contribution in [2.24, 2.45) is 0 Å². The molecular weight excluding hydrogens is 362 g/mol. The second-order valence-electron chi connectivity index (χ2n) is 5.99. The number of para-hydroxylation sites is 2. The number of rotatable bonds is 8. The number of aryl methyl sites for hydroxylation is 1. The van der Waals surface area contributed by atoms with E-state index in [-0.39, 0.29) is 0 Å². The molecule has 0 saturated heterocycles. The summed E-state index contributed by atoms with van der Waals surface area (Å²) >= 11 is 1.64. The first-order chi connectivity index (χ1) is 13.3. The monoisotopic (exact) mass is 381 g/mol. The number of tetrazole rings is 1. The Morgan fingerprint density at radius 2 is 1.96 bits per heavy atom. The molecule has 0 spiro atoms. The van der Waals surface area contributed by atoms with Gasteiger partial charge in [0.25, 0.3) is 0 Å². The third kappa shape index (κ3) is 4.28. The minimum atomic E-state index is 0.629. The molecule has 8 heteroatoms. The van der Waals surface area contributed by atoms with E-state index in [1.807, 2.05) is 53.2 Å². The molecule has 2 aromatic carbocycles. The number of thioether (sulfide) groups is 1. The quantitative estimate of drug-likeness (QED) is 0.341. The van der Waals surface area contributed by atoms with Gasteiger partial charge in [-0.3, -0.25) is 0 Å². The molecule has 4 rings (SSSR count). The largest absolute Gasteiger partial charge is 0.497 e. The zero-order chi connectivity index (χ0) is 18.5. The third-order valence-electron chi connectivity index (χ3n) is 4.09. The van der Waals surface area contributed by atoms with Gasteiger partial charge in [-0.25, -0.2) is 9.67 Å². The van der Waals surface area contributed by atoms with E-state index < -0.39 is 0 Å². The van der Waals surface area contributed by atoms with Gasteiger partial charge in [-0.1, -0.05) is 36.0 Å². The van der Waals surface area contributed by atoms with Crippen LogP contribution in [0, 0.1) is 0 Å². The number of oxazole rings is 1. The summed E-state index contributed by atoms with van der Waals surface area (Å²) in [6, 6.07) is 15.7. The van der Waals surface area contributed by atoms with Crippen LogP contribution in [0.5, 0.6) is 5.75 Å². The molecule has 0 fully saturated rings. The molecule has 138 valence electrons. The zero-order valence-electron chi connectivity index (χ0n) is 14.9. The number of ether oxygens (including phenoxy) is 1. The first-order valence-electron chi connectivity index (χ1n) is 8.68. The molecule has 27 heavy (non-hydrogen) atoms. The van der Waals surface area contributed by atoms with E-state index in [0.717, 1.165) is 52.1 Å². The Labute approximate surface area is 160 Å². The van der Waals surface area contributed by atoms with Gasteiger partial charge in [-0.05, 0) is 46.7 Å². The molecule has 7 nitrogen and oxygen atoms in total. The first kappa shape index (κ1) is 17.5. The van der Waals surface area contributed by atoms with Crippen LogP contribution < -0.4 is 4.74 Å². The van der Waals surface area contributed by atoms with E-state index in [2.05, 4.69) is 20.5 Å². The van der Waals surface area contributed by atoms with Crippen LogP contribution >= 0.6 is 11.8 Å². The molecule has 2 heterocycles. The number of benzene rings is 2. The molecule has 0 aliphatic carbocycles. The highest BCUT2D eigenvalue weighted by molar-refractivity contribution is 7.99. The topological polar surface area (TPSA) is 78.9 Å². The van der Waals surface area contributed by atoms with E-state index >= 15 is 0 Å². The molecule has 0 aliphatic rings. The van der Waals surface area contributed by atoms with E-state index in [1.165, 1.54) is 0 Å². The maximum Gasteiger partial charge on any atom is 0.209 e. The highest BCUT2D eigenvalue weighted by Gasteiger charge is 2.09. The Hall–Kier alpha value is -2.87. The fraction of sp³-hybridized carbons (Fsp3) is 0.263. The first-order valence-corrected chi connectivity index (χ1v) is 9.67. The number of hydrogen-bond donors (Lipinski definition) is 0. The normalized spacial score (nSPS) is 11.1. The van der Waals surface area contributed by atoms with Crippen LogP contribution in [-0.2, 0) is 13.0 Å². The van der Waals surface area contributed by atoms with E-state index in [4.69, 9.17) is 9.15 Å². The SMILES string of the molecule is COc1ccc(Cn2nnnc2SCCCc2nc3ccccc3o2)cc1. The summed E-state index contributed by atoms with van der Waals surface area (Å²) < 4.78 is 12.7. The van der Waals surface area contributed by atoms with Gasteiger partial charge in [0, 0.05) is 12.2 Å². The van der Waals surface area contributed by atoms with Crippen molar-refractivity contribution in [3.8, 4) is 5.75 Å². The molecule has 0 unspecified atom stereocenters. The number of aromatic nitrogens is 5. The van der Waals surface area contributed by atoms with Crippen LogP contribution in [0.15, 0.2) is 58.1 Å². The Balaban J connectivity index is 1.30. The maximum atomic E-state index is 5.75. The fourth-order valence-corrected chi connectivity index (χ4v) is 3.53. The predicted octanol–water partition coefficient (Wildman–Crippen LogP) is 3.60. The summed E-state index contributed by atoms with van der Waals surface area (Å²) in [5.74, 6) is 2.50. The highest BCUT2D eigenvalue weighted by Crippen LogP contribution is 2.20. The summed E-state index contributed by atoms with van der Waals surface area (Å²) in [4.78, 5) is 4.50. The number of nitrogens with zero attached hydrogens (tertiary/aromatic N) is 5. The van der Waals surface area contributed by atoms with Crippen molar-refractivity contribution in [1.29, 1.82) is 0 Å². The molecule has 0 saturated carbocycles. The van der Waals surface area contributed by atoms with Crippen LogP contribution in [0.3, 0.4) is 0 Å². The van der Waals surface area contributed by atoms with Crippen molar-refractivity contribution in [1.82, 2.24) is 25.2 Å². The molecule has 0 atom stereocenters. The van der Waals surface area contributed by atoms with Crippen molar-refractivity contribution >= 4 is 22.9 Å². The number of fused-ring (bicyclic) bond motifs is 1. The average Bonchev–Trinajstić information content (AvgIpc) is 3.32. The van der Waals surface area contributed by atoms with Crippen molar-refractivity contribution < 1.29 is 9.15 Å². The van der Waals surface area contributed by atoms with Gasteiger partial charge in [0.1, 0.15) is 11.3 Å². The average molecular weight is 381 g/mol. The van der Waals surface area contributed by atoms with E-state index in [9.17, 15) is 0 Å². The Kier molecular flexibility index (Phi) is 5.34. The summed E-state index contributed by atoms with van der Waals surface area (Å²) in [6.45, 7) is 0.629. The van der Waals surface area contributed by atoms with Gasteiger partial charge in [0.15, 0.2) is 11.5 Å². The van der Waals surface area contributed by atoms with Crippen molar-refractivity contribution in [3.63, 3.8) is 0 Å². The van der Waals surface area contributed by atoms with Gasteiger partial charge in [0.2, 0.25) is 5.16 Å². The second kappa shape index (κ2) is 8.22. The van der Waals surface area contributed by atoms with Gasteiger partial charge in [-0.15, -0.1) is 5.10 Å². The lowest BCUT2D eigenvalue weighted by Crippen LogP contribution is -2.04. The van der Waals surface area contributed by atoms with Gasteiger partial charge in [0.05, 0.1) is 13.7 Å². The zero-order valence-corrected chi connectivity index (χ0v) is 15.7. The summed E-state index contributed by atoms with van der Waals surface area (Å²) in [5, 5.41) is 12.8. The lowest BCUT2D eigenvalue weighted by molar-refractivity contribution is 0.414. The number of methoxy groups -OCH3 is 1. The molecular formula is C19H19N5O2S. The van der Waals surface area contributed by atoms with Crippen LogP contribution in [0.1, 0.15) is 17.9 Å². The van der Waals surface area contributed by atoms with Gasteiger partial charge >= 0.3 is 0 Å². The van der Waals surface area contributed by atoms with Crippen molar-refractivity contribution in [3.05, 3.63) is 60.0 Å². The molecule has 0 bridgehead atoms. The Bertz CT molecular complexity index is 979. The maximum absolute atomic E-state index is 5.75. The standard InChI is InChI=1S/C19H19N5O2S/c1-25-15-10-8-14(9-11-15)13-24-19(21-22-23-24)27-12-4-7-18-20-16-5-2-3-6-17(16)26-18/h2-3,5-6,8-11H,4,7,12-13H2,1H3. The number of hydrogen-bond acceptors (Lipinski definition) is 7. The molecule has 0 amide bonds. The Morgan fingerprint density at radius 1 is 1.11 bits per heavy atom. The predicted molar refractivity (Wildman–Crippen MR) is 103 cm³/mol. The van der Waals surface area contributed by atoms with Gasteiger partial charge < -0.3 is 9.15 Å². The van der Waals surface area contributed by atoms with E-state index in [0.29, 0.717) is 6.54 Å². The second-order valence-corrected chi connectivity index (χ2v) is 7.06. The molecule has 0 aliphatic heterocycles. The summed E-state index contributed by atoms with van der Waals surface area (Å²) in [5.41, 5.74) is 2.86. The minimum absolute atomic E-state index is 0.629. The summed E-state index contributed by atoms with van der Waals surface area (Å²) in [7, 11) is 1.66. The lowest BCUT2D eigenvalue weighted by atomic mass is 10.2. The van der Waals surface area contributed by atoms with Crippen LogP contribution in [0.2, 0.25) is 0 Å². The third-order valence-corrected chi connectivity index (χ3v) is 5.14. The van der Waals surface area contributed by atoms with Crippen LogP contribution in [-0.4, -0.2) is 38.1 Å². The van der Waals surface area contributed by atoms with Crippen LogP contribution in [0.4, 0.5) is 0 Å². The van der Waals surface area contributed by atoms with Crippen molar-refractivity contribution in [2.45, 2.75) is 24.5 Å². The van der Waals surface area contributed by atoms with E-state index in [1.54, 1.807) is 18.9 Å². The fourth-order valence-electron chi connectivity index (χ4n) is 2.72. The summed E-state index contributed by atoms with van der Waals surface area (Å²) in [6.07, 6.45) is 1.73. The molecule has 2 aromatic heterocycles. The smallest absolute Gasteiger partial charge is 0.209 e.